The third-order valence-corrected chi connectivity index (χ3v) is 7.82. The number of aromatic nitrogens is 1. The molecule has 0 saturated carbocycles. The number of pyridine rings is 1. The van der Waals surface area contributed by atoms with Crippen molar-refractivity contribution >= 4 is 43.6 Å². The first-order valence-corrected chi connectivity index (χ1v) is 13.0. The Balaban J connectivity index is 1.72. The fourth-order valence-electron chi connectivity index (χ4n) is 4.09. The second-order valence-electron chi connectivity index (χ2n) is 9.33. The molecule has 1 aromatic carbocycles. The molecule has 2 aromatic rings. The number of benzene rings is 1. The molecule has 4 rings (SSSR count). The summed E-state index contributed by atoms with van der Waals surface area (Å²) in [6.45, 7) is 6.09. The molecule has 0 N–H and O–H groups in total. The van der Waals surface area contributed by atoms with Crippen LogP contribution in [0.5, 0.6) is 0 Å². The number of piperazine rings is 1. The largest absolute Gasteiger partial charge is 0.444 e. The maximum atomic E-state index is 13.6. The van der Waals surface area contributed by atoms with Crippen LogP contribution in [0.2, 0.25) is 0 Å². The van der Waals surface area contributed by atoms with Gasteiger partial charge in [-0.25, -0.2) is 18.2 Å². The Morgan fingerprint density at radius 2 is 1.86 bits per heavy atom. The van der Waals surface area contributed by atoms with Crippen molar-refractivity contribution in [3.05, 3.63) is 46.6 Å². The fraction of sp³-hybridized carbons (Fsp3) is 0.455. The Hall–Kier alpha value is -2.54. The summed E-state index contributed by atoms with van der Waals surface area (Å²) in [6, 6.07) is 4.75. The molecule has 35 heavy (non-hydrogen) atoms. The van der Waals surface area contributed by atoms with E-state index in [1.165, 1.54) is 11.1 Å². The number of carbonyl (C=O) groups is 1. The van der Waals surface area contributed by atoms with E-state index in [4.69, 9.17) is 4.74 Å². The number of sulfonamides is 1. The number of hydrogen-bond donors (Lipinski definition) is 0. The minimum absolute atomic E-state index is 0.0803. The van der Waals surface area contributed by atoms with Gasteiger partial charge in [0, 0.05) is 30.3 Å². The second kappa shape index (κ2) is 8.84. The first kappa shape index (κ1) is 25.5. The normalized spacial score (nSPS) is 18.7. The average Bonchev–Trinajstić information content (AvgIpc) is 2.76. The number of amides is 1. The van der Waals surface area contributed by atoms with Crippen molar-refractivity contribution < 1.29 is 31.1 Å². The molecular weight excluding hydrogens is 553 g/mol. The van der Waals surface area contributed by atoms with Gasteiger partial charge in [0.1, 0.15) is 5.60 Å². The fourth-order valence-corrected chi connectivity index (χ4v) is 5.95. The molecule has 3 heterocycles. The van der Waals surface area contributed by atoms with Gasteiger partial charge in [-0.2, -0.15) is 13.2 Å². The summed E-state index contributed by atoms with van der Waals surface area (Å²) in [6.07, 6.45) is -3.68. The number of nitrogens with zero attached hydrogens (tertiary/aromatic N) is 4. The Morgan fingerprint density at radius 3 is 2.51 bits per heavy atom. The van der Waals surface area contributed by atoms with Gasteiger partial charge in [-0.3, -0.25) is 4.31 Å². The van der Waals surface area contributed by atoms with Gasteiger partial charge in [0.25, 0.3) is 10.0 Å². The van der Waals surface area contributed by atoms with Crippen LogP contribution in [-0.4, -0.2) is 62.2 Å². The first-order valence-electron chi connectivity index (χ1n) is 10.8. The molecule has 2 aliphatic heterocycles. The maximum Gasteiger partial charge on any atom is 0.416 e. The van der Waals surface area contributed by atoms with Gasteiger partial charge in [0.2, 0.25) is 0 Å². The summed E-state index contributed by atoms with van der Waals surface area (Å²) < 4.78 is 74.1. The number of alkyl halides is 3. The highest BCUT2D eigenvalue weighted by molar-refractivity contribution is 9.10. The minimum atomic E-state index is -4.69. The maximum absolute atomic E-state index is 13.6. The van der Waals surface area contributed by atoms with Gasteiger partial charge in [0.15, 0.2) is 5.82 Å². The Kier molecular flexibility index (Phi) is 6.45. The van der Waals surface area contributed by atoms with E-state index in [9.17, 15) is 26.4 Å². The van der Waals surface area contributed by atoms with E-state index in [2.05, 4.69) is 20.9 Å². The molecule has 0 aliphatic carbocycles. The van der Waals surface area contributed by atoms with E-state index in [1.807, 2.05) is 4.90 Å². The summed E-state index contributed by atoms with van der Waals surface area (Å²) in [5.74, 6) is 0.379. The van der Waals surface area contributed by atoms with Crippen LogP contribution in [0.15, 0.2) is 45.9 Å². The molecule has 2 aliphatic rings. The van der Waals surface area contributed by atoms with Crippen LogP contribution < -0.4 is 9.21 Å². The van der Waals surface area contributed by atoms with Crippen LogP contribution in [0.1, 0.15) is 26.3 Å². The van der Waals surface area contributed by atoms with Gasteiger partial charge in [-0.1, -0.05) is 6.07 Å². The number of anilines is 2. The van der Waals surface area contributed by atoms with E-state index < -0.39 is 44.4 Å². The van der Waals surface area contributed by atoms with E-state index in [0.717, 1.165) is 22.5 Å². The van der Waals surface area contributed by atoms with E-state index >= 15 is 0 Å². The highest BCUT2D eigenvalue weighted by atomic mass is 79.9. The molecule has 0 bridgehead atoms. The lowest BCUT2D eigenvalue weighted by atomic mass is 10.1. The van der Waals surface area contributed by atoms with Gasteiger partial charge < -0.3 is 14.5 Å². The number of carbonyl (C=O) groups excluding carboxylic acids is 1. The molecule has 0 radical (unpaired) electrons. The van der Waals surface area contributed by atoms with Gasteiger partial charge >= 0.3 is 12.3 Å². The lowest BCUT2D eigenvalue weighted by molar-refractivity contribution is -0.137. The van der Waals surface area contributed by atoms with E-state index in [1.54, 1.807) is 26.8 Å². The smallest absolute Gasteiger partial charge is 0.416 e. The molecule has 13 heteroatoms. The molecule has 1 fully saturated rings. The van der Waals surface area contributed by atoms with Crippen molar-refractivity contribution in [1.29, 1.82) is 0 Å². The van der Waals surface area contributed by atoms with Gasteiger partial charge in [-0.05, 0) is 61.0 Å². The zero-order valence-corrected chi connectivity index (χ0v) is 21.6. The molecular formula is C22H24BrF3N4O4S. The van der Waals surface area contributed by atoms with Crippen molar-refractivity contribution in [1.82, 2.24) is 9.88 Å². The van der Waals surface area contributed by atoms with Crippen LogP contribution >= 0.6 is 15.9 Å². The number of halogens is 4. The predicted molar refractivity (Wildman–Crippen MR) is 127 cm³/mol. The standard InChI is InChI=1S/C22H24BrF3N4O4S/c1-21(2,3)34-20(31)28-7-8-29-16(12-28)13-30(18-10-15(23)11-27-19(18)29)35(32,33)17-6-4-5-14(9-17)22(24,25)26/h4-6,9-11,16H,7-8,12-13H2,1-3H3/t16-/m0/s1. The Bertz CT molecular complexity index is 1250. The summed E-state index contributed by atoms with van der Waals surface area (Å²) in [4.78, 5) is 20.0. The van der Waals surface area contributed by atoms with Crippen molar-refractivity contribution in [2.75, 3.05) is 35.4 Å². The van der Waals surface area contributed by atoms with Crippen LogP contribution in [0.3, 0.4) is 0 Å². The van der Waals surface area contributed by atoms with Crippen molar-refractivity contribution in [3.63, 3.8) is 0 Å². The molecule has 1 saturated heterocycles. The third kappa shape index (κ3) is 5.20. The van der Waals surface area contributed by atoms with Crippen molar-refractivity contribution in [2.24, 2.45) is 0 Å². The molecule has 8 nitrogen and oxygen atoms in total. The Morgan fingerprint density at radius 1 is 1.14 bits per heavy atom. The second-order valence-corrected chi connectivity index (χ2v) is 12.1. The topological polar surface area (TPSA) is 83.1 Å². The van der Waals surface area contributed by atoms with Gasteiger partial charge in [-0.15, -0.1) is 0 Å². The molecule has 0 spiro atoms. The van der Waals surface area contributed by atoms with Crippen LogP contribution in [0.4, 0.5) is 29.5 Å². The first-order chi connectivity index (χ1) is 16.2. The summed E-state index contributed by atoms with van der Waals surface area (Å²) in [5, 5.41) is 0. The number of ether oxygens (including phenoxy) is 1. The lowest BCUT2D eigenvalue weighted by Crippen LogP contribution is -2.62. The van der Waals surface area contributed by atoms with Gasteiger partial charge in [0.05, 0.1) is 28.7 Å². The SMILES string of the molecule is CC(C)(C)OC(=O)N1CCN2c3ncc(Br)cc3N(S(=O)(=O)c3cccc(C(F)(F)F)c3)C[C@@H]2C1. The average molecular weight is 577 g/mol. The summed E-state index contributed by atoms with van der Waals surface area (Å²) in [7, 11) is -4.38. The molecule has 1 aromatic heterocycles. The van der Waals surface area contributed by atoms with Crippen LogP contribution in [-0.2, 0) is 20.9 Å². The third-order valence-electron chi connectivity index (χ3n) is 5.61. The van der Waals surface area contributed by atoms with Crippen LogP contribution in [0.25, 0.3) is 0 Å². The highest BCUT2D eigenvalue weighted by Gasteiger charge is 2.43. The molecule has 1 amide bonds. The zero-order chi connectivity index (χ0) is 25.8. The number of fused-ring (bicyclic) bond motifs is 3. The summed E-state index contributed by atoms with van der Waals surface area (Å²) >= 11 is 3.30. The lowest BCUT2D eigenvalue weighted by Gasteiger charge is -2.48. The highest BCUT2D eigenvalue weighted by Crippen LogP contribution is 2.40. The monoisotopic (exact) mass is 576 g/mol. The molecule has 0 unspecified atom stereocenters. The van der Waals surface area contributed by atoms with E-state index in [-0.39, 0.29) is 18.8 Å². The van der Waals surface area contributed by atoms with Crippen molar-refractivity contribution in [3.8, 4) is 0 Å². The zero-order valence-electron chi connectivity index (χ0n) is 19.2. The summed E-state index contributed by atoms with van der Waals surface area (Å²) in [5.41, 5.74) is -1.50. The van der Waals surface area contributed by atoms with Crippen molar-refractivity contribution in [2.45, 2.75) is 43.5 Å². The quantitative estimate of drug-likeness (QED) is 0.523. The van der Waals surface area contributed by atoms with Crippen LogP contribution in [0, 0.1) is 0 Å². The minimum Gasteiger partial charge on any atom is -0.444 e. The molecule has 190 valence electrons. The molecule has 1 atom stereocenters. The predicted octanol–water partition coefficient (Wildman–Crippen LogP) is 4.50. The number of rotatable bonds is 2. The van der Waals surface area contributed by atoms with E-state index in [0.29, 0.717) is 29.4 Å². The Labute approximate surface area is 209 Å². The number of hydrogen-bond acceptors (Lipinski definition) is 6.